The summed E-state index contributed by atoms with van der Waals surface area (Å²) in [7, 11) is 1.69. The van der Waals surface area contributed by atoms with Gasteiger partial charge in [-0.3, -0.25) is 0 Å². The molecular formula is C23H23ClN4O2. The van der Waals surface area contributed by atoms with Gasteiger partial charge in [-0.25, -0.2) is 9.97 Å². The minimum atomic E-state index is -0.0882. The Kier molecular flexibility index (Phi) is 5.88. The van der Waals surface area contributed by atoms with Gasteiger partial charge >= 0.3 is 0 Å². The highest BCUT2D eigenvalue weighted by Gasteiger charge is 2.10. The predicted octanol–water partition coefficient (Wildman–Crippen LogP) is 4.67. The molecule has 0 atom stereocenters. The van der Waals surface area contributed by atoms with Crippen LogP contribution in [0.25, 0.3) is 22.2 Å². The van der Waals surface area contributed by atoms with Crippen molar-refractivity contribution >= 4 is 28.3 Å². The van der Waals surface area contributed by atoms with Crippen molar-refractivity contribution in [1.82, 2.24) is 14.5 Å². The van der Waals surface area contributed by atoms with E-state index in [1.807, 2.05) is 30.3 Å². The third-order valence-electron chi connectivity index (χ3n) is 5.16. The van der Waals surface area contributed by atoms with Crippen LogP contribution in [0.3, 0.4) is 0 Å². The molecule has 4 rings (SSSR count). The summed E-state index contributed by atoms with van der Waals surface area (Å²) in [6.45, 7) is 3.51. The Morgan fingerprint density at radius 1 is 1.13 bits per heavy atom. The van der Waals surface area contributed by atoms with E-state index < -0.39 is 0 Å². The van der Waals surface area contributed by atoms with E-state index in [-0.39, 0.29) is 6.61 Å². The van der Waals surface area contributed by atoms with Crippen LogP contribution in [0.5, 0.6) is 5.75 Å². The molecule has 0 aliphatic rings. The molecule has 0 saturated carbocycles. The maximum absolute atomic E-state index is 9.29. The SMILES string of the molecule is COc1cccc2c1cc(C)n2CCNc1cc(-c2ccc(CO)c(Cl)c2)ncn1. The zero-order valence-corrected chi connectivity index (χ0v) is 17.6. The second-order valence-corrected chi connectivity index (χ2v) is 7.42. The fourth-order valence-electron chi connectivity index (χ4n) is 3.61. The van der Waals surface area contributed by atoms with E-state index in [4.69, 9.17) is 16.3 Å². The zero-order valence-electron chi connectivity index (χ0n) is 16.9. The number of methoxy groups -OCH3 is 1. The topological polar surface area (TPSA) is 72.2 Å². The van der Waals surface area contributed by atoms with Crippen LogP contribution in [0.4, 0.5) is 5.82 Å². The molecule has 2 aromatic heterocycles. The number of rotatable bonds is 7. The Bertz CT molecular complexity index is 1190. The highest BCUT2D eigenvalue weighted by atomic mass is 35.5. The van der Waals surface area contributed by atoms with E-state index in [1.54, 1.807) is 13.2 Å². The summed E-state index contributed by atoms with van der Waals surface area (Å²) in [5, 5.41) is 14.3. The lowest BCUT2D eigenvalue weighted by Crippen LogP contribution is -2.12. The van der Waals surface area contributed by atoms with Crippen molar-refractivity contribution in [3.8, 4) is 17.0 Å². The highest BCUT2D eigenvalue weighted by molar-refractivity contribution is 6.31. The van der Waals surface area contributed by atoms with Crippen molar-refractivity contribution in [3.63, 3.8) is 0 Å². The quantitative estimate of drug-likeness (QED) is 0.452. The summed E-state index contributed by atoms with van der Waals surface area (Å²) in [6, 6.07) is 15.6. The molecule has 7 heteroatoms. The maximum atomic E-state index is 9.29. The minimum absolute atomic E-state index is 0.0882. The number of nitrogens with one attached hydrogen (secondary N) is 1. The number of hydrogen-bond acceptors (Lipinski definition) is 5. The number of aliphatic hydroxyl groups is 1. The molecule has 0 fully saturated rings. The molecule has 30 heavy (non-hydrogen) atoms. The van der Waals surface area contributed by atoms with E-state index in [9.17, 15) is 5.11 Å². The molecule has 0 amide bonds. The number of aryl methyl sites for hydroxylation is 1. The third-order valence-corrected chi connectivity index (χ3v) is 5.51. The van der Waals surface area contributed by atoms with Gasteiger partial charge in [-0.05, 0) is 36.8 Å². The van der Waals surface area contributed by atoms with Crippen LogP contribution in [0, 0.1) is 6.92 Å². The number of ether oxygens (including phenoxy) is 1. The maximum Gasteiger partial charge on any atom is 0.130 e. The molecule has 4 aromatic rings. The average molecular weight is 423 g/mol. The van der Waals surface area contributed by atoms with Crippen molar-refractivity contribution in [3.05, 3.63) is 71.1 Å². The first-order valence-corrected chi connectivity index (χ1v) is 10.1. The number of hydrogen-bond donors (Lipinski definition) is 2. The lowest BCUT2D eigenvalue weighted by atomic mass is 10.1. The van der Waals surface area contributed by atoms with Gasteiger partial charge in [0.1, 0.15) is 17.9 Å². The molecule has 0 aliphatic heterocycles. The fourth-order valence-corrected chi connectivity index (χ4v) is 3.85. The first-order chi connectivity index (χ1) is 14.6. The number of halogens is 1. The van der Waals surface area contributed by atoms with Crippen molar-refractivity contribution in [1.29, 1.82) is 0 Å². The van der Waals surface area contributed by atoms with Gasteiger partial charge in [0.15, 0.2) is 0 Å². The molecule has 2 aromatic carbocycles. The van der Waals surface area contributed by atoms with Crippen molar-refractivity contribution < 1.29 is 9.84 Å². The predicted molar refractivity (Wildman–Crippen MR) is 120 cm³/mol. The lowest BCUT2D eigenvalue weighted by Gasteiger charge is -2.11. The number of fused-ring (bicyclic) bond motifs is 1. The number of aromatic nitrogens is 3. The number of aliphatic hydroxyl groups excluding tert-OH is 1. The molecule has 0 bridgehead atoms. The number of anilines is 1. The van der Waals surface area contributed by atoms with Crippen LogP contribution in [0.15, 0.2) is 54.9 Å². The summed E-state index contributed by atoms with van der Waals surface area (Å²) < 4.78 is 7.74. The van der Waals surface area contributed by atoms with Crippen molar-refractivity contribution in [2.45, 2.75) is 20.1 Å². The lowest BCUT2D eigenvalue weighted by molar-refractivity contribution is 0.282. The van der Waals surface area contributed by atoms with Gasteiger partial charge in [-0.2, -0.15) is 0 Å². The number of benzene rings is 2. The first kappa shape index (κ1) is 20.2. The normalized spacial score (nSPS) is 11.1. The van der Waals surface area contributed by atoms with E-state index in [0.717, 1.165) is 40.3 Å². The molecule has 0 aliphatic carbocycles. The van der Waals surface area contributed by atoms with Crippen LogP contribution in [-0.2, 0) is 13.2 Å². The average Bonchev–Trinajstić information content (AvgIpc) is 3.09. The second-order valence-electron chi connectivity index (χ2n) is 7.01. The molecule has 2 N–H and O–H groups in total. The van der Waals surface area contributed by atoms with Gasteiger partial charge < -0.3 is 19.7 Å². The van der Waals surface area contributed by atoms with Crippen LogP contribution in [0.1, 0.15) is 11.3 Å². The van der Waals surface area contributed by atoms with Gasteiger partial charge in [0.25, 0.3) is 0 Å². The van der Waals surface area contributed by atoms with E-state index in [0.29, 0.717) is 17.1 Å². The summed E-state index contributed by atoms with van der Waals surface area (Å²) in [5.74, 6) is 1.63. The van der Waals surface area contributed by atoms with Crippen LogP contribution >= 0.6 is 11.6 Å². The molecule has 0 radical (unpaired) electrons. The molecule has 6 nitrogen and oxygen atoms in total. The van der Waals surface area contributed by atoms with Gasteiger partial charge in [-0.15, -0.1) is 0 Å². The van der Waals surface area contributed by atoms with Gasteiger partial charge in [0, 0.05) is 40.8 Å². The Labute approximate surface area is 180 Å². The Morgan fingerprint density at radius 2 is 2.00 bits per heavy atom. The molecular weight excluding hydrogens is 400 g/mol. The standard InChI is InChI=1S/C23H23ClN4O2/c1-15-10-18-21(4-3-5-22(18)30-2)28(15)9-8-25-23-12-20(26-14-27-23)16-6-7-17(13-29)19(24)11-16/h3-7,10-12,14,29H,8-9,13H2,1-2H3,(H,25,26,27). The fraction of sp³-hybridized carbons (Fsp3) is 0.217. The molecule has 2 heterocycles. The van der Waals surface area contributed by atoms with E-state index in [2.05, 4.69) is 38.9 Å². The van der Waals surface area contributed by atoms with Gasteiger partial charge in [0.2, 0.25) is 0 Å². The summed E-state index contributed by atoms with van der Waals surface area (Å²) in [5.41, 5.74) is 4.67. The molecule has 154 valence electrons. The number of nitrogens with zero attached hydrogens (tertiary/aromatic N) is 3. The first-order valence-electron chi connectivity index (χ1n) is 9.69. The Morgan fingerprint density at radius 3 is 2.77 bits per heavy atom. The Hall–Kier alpha value is -3.09. The third kappa shape index (κ3) is 3.97. The second kappa shape index (κ2) is 8.73. The summed E-state index contributed by atoms with van der Waals surface area (Å²) in [6.07, 6.45) is 1.53. The highest BCUT2D eigenvalue weighted by Crippen LogP contribution is 2.29. The summed E-state index contributed by atoms with van der Waals surface area (Å²) >= 11 is 6.21. The van der Waals surface area contributed by atoms with Crippen LogP contribution in [-0.4, -0.2) is 33.3 Å². The molecule has 0 spiro atoms. The minimum Gasteiger partial charge on any atom is -0.496 e. The smallest absolute Gasteiger partial charge is 0.130 e. The van der Waals surface area contributed by atoms with E-state index in [1.165, 1.54) is 12.0 Å². The summed E-state index contributed by atoms with van der Waals surface area (Å²) in [4.78, 5) is 8.67. The zero-order chi connectivity index (χ0) is 21.1. The molecule has 0 saturated heterocycles. The van der Waals surface area contributed by atoms with Gasteiger partial charge in [0.05, 0.1) is 24.9 Å². The largest absolute Gasteiger partial charge is 0.496 e. The Balaban J connectivity index is 1.49. The molecule has 0 unspecified atom stereocenters. The van der Waals surface area contributed by atoms with Crippen LogP contribution in [0.2, 0.25) is 5.02 Å². The monoisotopic (exact) mass is 422 g/mol. The van der Waals surface area contributed by atoms with Crippen LogP contribution < -0.4 is 10.1 Å². The van der Waals surface area contributed by atoms with E-state index >= 15 is 0 Å². The van der Waals surface area contributed by atoms with Crippen molar-refractivity contribution in [2.75, 3.05) is 19.0 Å². The van der Waals surface area contributed by atoms with Gasteiger partial charge in [-0.1, -0.05) is 29.8 Å². The van der Waals surface area contributed by atoms with Crippen molar-refractivity contribution in [2.24, 2.45) is 0 Å².